The molecule has 0 aliphatic carbocycles. The smallest absolute Gasteiger partial charge is 0.301 e. The van der Waals surface area contributed by atoms with Gasteiger partial charge in [-0.2, -0.15) is 26.3 Å². The summed E-state index contributed by atoms with van der Waals surface area (Å²) in [7, 11) is 0. The number of hydrogen-bond acceptors (Lipinski definition) is 3. The van der Waals surface area contributed by atoms with Gasteiger partial charge in [-0.15, -0.1) is 0 Å². The van der Waals surface area contributed by atoms with Gasteiger partial charge >= 0.3 is 12.4 Å². The van der Waals surface area contributed by atoms with E-state index in [0.717, 1.165) is 0 Å². The third-order valence-electron chi connectivity index (χ3n) is 5.34. The number of carbonyl (C=O) groups is 3. The number of hydrogen-bond donors (Lipinski definition) is 0. The van der Waals surface area contributed by atoms with Gasteiger partial charge in [-0.05, 0) is 35.9 Å². The molecule has 3 saturated heterocycles. The highest BCUT2D eigenvalue weighted by molar-refractivity contribution is 6.21. The zero-order chi connectivity index (χ0) is 23.2. The van der Waals surface area contributed by atoms with Gasteiger partial charge in [0.25, 0.3) is 0 Å². The largest absolute Gasteiger partial charge is 0.416 e. The van der Waals surface area contributed by atoms with Crippen molar-refractivity contribution in [2.75, 3.05) is 34.3 Å². The van der Waals surface area contributed by atoms with Crippen molar-refractivity contribution in [3.8, 4) is 11.1 Å². The molecule has 3 amide bonds. The van der Waals surface area contributed by atoms with Crippen LogP contribution in [0.2, 0.25) is 0 Å². The average Bonchev–Trinajstić information content (AvgIpc) is 3.62. The fraction of sp³-hybridized carbons (Fsp3) is 0.250. The number of alkyl halides is 6. The molecule has 3 aliphatic heterocycles. The second kappa shape index (κ2) is 6.24. The van der Waals surface area contributed by atoms with Crippen molar-refractivity contribution in [1.82, 2.24) is 0 Å². The van der Waals surface area contributed by atoms with Crippen LogP contribution in [0.5, 0.6) is 0 Å². The Morgan fingerprint density at radius 1 is 0.562 bits per heavy atom. The normalized spacial score (nSPS) is 17.9. The van der Waals surface area contributed by atoms with E-state index >= 15 is 0 Å². The summed E-state index contributed by atoms with van der Waals surface area (Å²) in [6.07, 6.45) is -10.1. The lowest BCUT2D eigenvalue weighted by molar-refractivity contribution is -0.143. The summed E-state index contributed by atoms with van der Waals surface area (Å²) in [5, 5.41) is 0. The first kappa shape index (κ1) is 20.3. The van der Waals surface area contributed by atoms with E-state index in [2.05, 4.69) is 0 Å². The van der Waals surface area contributed by atoms with Gasteiger partial charge in [-0.3, -0.25) is 24.2 Å². The number of nitrogens with zero attached hydrogens (tertiary/aromatic N) is 3. The van der Waals surface area contributed by atoms with E-state index < -0.39 is 29.0 Å². The lowest BCUT2D eigenvalue weighted by atomic mass is 9.96. The van der Waals surface area contributed by atoms with Gasteiger partial charge in [0.15, 0.2) is 0 Å². The number of benzene rings is 2. The van der Waals surface area contributed by atoms with Gasteiger partial charge in [0.1, 0.15) is 19.6 Å². The standard InChI is InChI=1S/C20H11F6N3O3/c21-19(22,23)10-1-9(2-11(3-10)20(24,25)26)12-4-14(28-7-17(28)31)15(29-8-18(29)32)5-13(12)27-6-16(27)30/h1-5H,6-8H2. The molecule has 6 nitrogen and oxygen atoms in total. The molecule has 0 spiro atoms. The van der Waals surface area contributed by atoms with Crippen molar-refractivity contribution in [3.63, 3.8) is 0 Å². The third kappa shape index (κ3) is 3.45. The Balaban J connectivity index is 1.75. The van der Waals surface area contributed by atoms with Crippen LogP contribution in [0.25, 0.3) is 11.1 Å². The first-order valence-electron chi connectivity index (χ1n) is 9.23. The molecule has 2 aromatic rings. The number of carbonyl (C=O) groups excluding carboxylic acids is 3. The molecule has 0 aromatic heterocycles. The van der Waals surface area contributed by atoms with Crippen molar-refractivity contribution in [1.29, 1.82) is 0 Å². The molecular formula is C20H11F6N3O3. The molecular weight excluding hydrogens is 444 g/mol. The second-order valence-corrected chi connectivity index (χ2v) is 7.59. The van der Waals surface area contributed by atoms with E-state index in [1.807, 2.05) is 0 Å². The quantitative estimate of drug-likeness (QED) is 0.525. The van der Waals surface area contributed by atoms with E-state index in [4.69, 9.17) is 0 Å². The number of amides is 3. The summed E-state index contributed by atoms with van der Waals surface area (Å²) in [5.74, 6) is -0.968. The van der Waals surface area contributed by atoms with Crippen molar-refractivity contribution in [3.05, 3.63) is 41.5 Å². The number of rotatable bonds is 4. The molecule has 32 heavy (non-hydrogen) atoms. The molecule has 3 aliphatic rings. The van der Waals surface area contributed by atoms with Gasteiger partial charge in [-0.25, -0.2) is 0 Å². The van der Waals surface area contributed by atoms with E-state index in [1.54, 1.807) is 0 Å². The second-order valence-electron chi connectivity index (χ2n) is 7.59. The summed E-state index contributed by atoms with van der Waals surface area (Å²) in [4.78, 5) is 38.9. The molecule has 3 heterocycles. The summed E-state index contributed by atoms with van der Waals surface area (Å²) < 4.78 is 80.1. The van der Waals surface area contributed by atoms with E-state index in [9.17, 15) is 40.7 Å². The van der Waals surface area contributed by atoms with Crippen molar-refractivity contribution < 1.29 is 40.7 Å². The summed E-state index contributed by atoms with van der Waals surface area (Å²) in [6, 6.07) is 3.75. The molecule has 2 aromatic carbocycles. The lowest BCUT2D eigenvalue weighted by Gasteiger charge is -2.19. The maximum atomic E-state index is 13.3. The van der Waals surface area contributed by atoms with Crippen LogP contribution in [-0.4, -0.2) is 37.4 Å². The molecule has 0 bridgehead atoms. The van der Waals surface area contributed by atoms with Gasteiger partial charge in [-0.1, -0.05) is 0 Å². The Morgan fingerprint density at radius 3 is 1.31 bits per heavy atom. The molecule has 3 fully saturated rings. The van der Waals surface area contributed by atoms with Gasteiger partial charge < -0.3 is 4.90 Å². The Hall–Kier alpha value is -3.57. The molecule has 0 saturated carbocycles. The van der Waals surface area contributed by atoms with Crippen LogP contribution in [0.4, 0.5) is 43.4 Å². The maximum Gasteiger partial charge on any atom is 0.416 e. The minimum absolute atomic E-state index is 0.00709. The summed E-state index contributed by atoms with van der Waals surface area (Å²) in [6.45, 7) is -0.0378. The van der Waals surface area contributed by atoms with Gasteiger partial charge in [0.05, 0.1) is 28.2 Å². The first-order valence-corrected chi connectivity index (χ1v) is 9.23. The van der Waals surface area contributed by atoms with Crippen molar-refractivity contribution in [2.24, 2.45) is 0 Å². The SMILES string of the molecule is O=C1CN1c1cc(N2CC2=O)c(N2CC2=O)cc1-c1cc(C(F)(F)F)cc(C(F)(F)F)c1. The predicted molar refractivity (Wildman–Crippen MR) is 98.9 cm³/mol. The molecule has 0 radical (unpaired) electrons. The molecule has 5 rings (SSSR count). The molecule has 12 heteroatoms. The Kier molecular flexibility index (Phi) is 3.96. The topological polar surface area (TPSA) is 60.2 Å². The van der Waals surface area contributed by atoms with E-state index in [-0.39, 0.29) is 66.0 Å². The zero-order valence-corrected chi connectivity index (χ0v) is 15.8. The fourth-order valence-corrected chi connectivity index (χ4v) is 3.52. The Bertz CT molecular complexity index is 1190. The molecule has 166 valence electrons. The Labute approximate surface area is 175 Å². The Morgan fingerprint density at radius 2 is 0.938 bits per heavy atom. The van der Waals surface area contributed by atoms with Crippen LogP contribution in [-0.2, 0) is 26.7 Å². The van der Waals surface area contributed by atoms with Crippen molar-refractivity contribution >= 4 is 34.8 Å². The van der Waals surface area contributed by atoms with Crippen LogP contribution < -0.4 is 14.7 Å². The molecule has 0 N–H and O–H groups in total. The maximum absolute atomic E-state index is 13.3. The van der Waals surface area contributed by atoms with Crippen LogP contribution in [0.3, 0.4) is 0 Å². The minimum atomic E-state index is -5.04. The highest BCUT2D eigenvalue weighted by Gasteiger charge is 2.43. The van der Waals surface area contributed by atoms with Crippen molar-refractivity contribution in [2.45, 2.75) is 12.4 Å². The first-order chi connectivity index (χ1) is 14.8. The number of anilines is 3. The summed E-state index contributed by atoms with van der Waals surface area (Å²) in [5.41, 5.74) is -2.99. The zero-order valence-electron chi connectivity index (χ0n) is 15.8. The summed E-state index contributed by atoms with van der Waals surface area (Å²) >= 11 is 0. The van der Waals surface area contributed by atoms with E-state index in [0.29, 0.717) is 12.1 Å². The molecule has 0 atom stereocenters. The molecule has 0 unspecified atom stereocenters. The van der Waals surface area contributed by atoms with Gasteiger partial charge in [0.2, 0.25) is 17.7 Å². The monoisotopic (exact) mass is 455 g/mol. The average molecular weight is 455 g/mol. The van der Waals surface area contributed by atoms with Crippen LogP contribution in [0.1, 0.15) is 11.1 Å². The number of halogens is 6. The van der Waals surface area contributed by atoms with Crippen LogP contribution in [0.15, 0.2) is 30.3 Å². The highest BCUT2D eigenvalue weighted by Crippen LogP contribution is 2.48. The third-order valence-corrected chi connectivity index (χ3v) is 5.34. The lowest BCUT2D eigenvalue weighted by Crippen LogP contribution is -2.11. The minimum Gasteiger partial charge on any atom is -0.301 e. The fourth-order valence-electron chi connectivity index (χ4n) is 3.52. The van der Waals surface area contributed by atoms with Crippen LogP contribution >= 0.6 is 0 Å². The highest BCUT2D eigenvalue weighted by atomic mass is 19.4. The van der Waals surface area contributed by atoms with Crippen LogP contribution in [0, 0.1) is 0 Å². The van der Waals surface area contributed by atoms with E-state index in [1.165, 1.54) is 26.8 Å². The van der Waals surface area contributed by atoms with Gasteiger partial charge in [0, 0.05) is 5.56 Å². The predicted octanol–water partition coefficient (Wildman–Crippen LogP) is 3.43.